The van der Waals surface area contributed by atoms with Gasteiger partial charge in [-0.05, 0) is 18.5 Å². The monoisotopic (exact) mass is 260 g/mol. The van der Waals surface area contributed by atoms with E-state index in [2.05, 4.69) is 53.8 Å². The van der Waals surface area contributed by atoms with E-state index in [9.17, 15) is 0 Å². The molecule has 0 saturated carbocycles. The molecule has 0 radical (unpaired) electrons. The van der Waals surface area contributed by atoms with E-state index in [0.717, 1.165) is 31.9 Å². The zero-order valence-corrected chi connectivity index (χ0v) is 12.1. The van der Waals surface area contributed by atoms with Gasteiger partial charge in [-0.2, -0.15) is 5.10 Å². The molecule has 4 nitrogen and oxygen atoms in total. The van der Waals surface area contributed by atoms with Crippen molar-refractivity contribution in [1.82, 2.24) is 20.4 Å². The summed E-state index contributed by atoms with van der Waals surface area (Å²) in [6, 6.07) is 8.36. The number of hydrogen-bond donors (Lipinski definition) is 2. The van der Waals surface area contributed by atoms with Crippen LogP contribution in [0.25, 0.3) is 10.9 Å². The first-order valence-electron chi connectivity index (χ1n) is 7.00. The number of nitrogens with one attached hydrogen (secondary N) is 2. The van der Waals surface area contributed by atoms with Gasteiger partial charge in [0.2, 0.25) is 0 Å². The van der Waals surface area contributed by atoms with Crippen molar-refractivity contribution in [2.24, 2.45) is 13.0 Å². The number of para-hydroxylation sites is 1. The first kappa shape index (κ1) is 14.0. The Morgan fingerprint density at radius 1 is 1.16 bits per heavy atom. The highest BCUT2D eigenvalue weighted by molar-refractivity contribution is 5.81. The Morgan fingerprint density at radius 2 is 1.89 bits per heavy atom. The Labute approximate surface area is 115 Å². The van der Waals surface area contributed by atoms with Crippen LogP contribution in [0, 0.1) is 5.92 Å². The van der Waals surface area contributed by atoms with Crippen LogP contribution in [0.1, 0.15) is 19.5 Å². The van der Waals surface area contributed by atoms with Gasteiger partial charge in [-0.3, -0.25) is 4.68 Å². The Balaban J connectivity index is 1.82. The van der Waals surface area contributed by atoms with Gasteiger partial charge in [-0.25, -0.2) is 0 Å². The molecular weight excluding hydrogens is 236 g/mol. The van der Waals surface area contributed by atoms with Gasteiger partial charge >= 0.3 is 0 Å². The van der Waals surface area contributed by atoms with Crippen LogP contribution in [0.5, 0.6) is 0 Å². The van der Waals surface area contributed by atoms with Crippen molar-refractivity contribution in [3.05, 3.63) is 30.0 Å². The van der Waals surface area contributed by atoms with E-state index in [0.29, 0.717) is 5.92 Å². The quantitative estimate of drug-likeness (QED) is 0.747. The second-order valence-corrected chi connectivity index (χ2v) is 5.36. The predicted molar refractivity (Wildman–Crippen MR) is 80.1 cm³/mol. The van der Waals surface area contributed by atoms with E-state index in [4.69, 9.17) is 0 Å². The predicted octanol–water partition coefficient (Wildman–Crippen LogP) is 1.91. The van der Waals surface area contributed by atoms with Crippen LogP contribution >= 0.6 is 0 Å². The fourth-order valence-electron chi connectivity index (χ4n) is 2.19. The summed E-state index contributed by atoms with van der Waals surface area (Å²) in [5.74, 6) is 0.708. The van der Waals surface area contributed by atoms with Crippen LogP contribution in [-0.2, 0) is 13.6 Å². The van der Waals surface area contributed by atoms with E-state index >= 15 is 0 Å². The number of rotatable bonds is 7. The van der Waals surface area contributed by atoms with Crippen LogP contribution in [0.3, 0.4) is 0 Å². The first-order valence-corrected chi connectivity index (χ1v) is 7.00. The standard InChI is InChI=1S/C15H24N4/c1-12(2)10-16-8-9-17-11-14-13-6-4-5-7-15(13)19(3)18-14/h4-7,12,16-17H,8-11H2,1-3H3. The molecule has 1 aromatic heterocycles. The summed E-state index contributed by atoms with van der Waals surface area (Å²) >= 11 is 0. The SMILES string of the molecule is CC(C)CNCCNCc1nn(C)c2ccccc12. The molecule has 0 saturated heterocycles. The molecule has 104 valence electrons. The summed E-state index contributed by atoms with van der Waals surface area (Å²) in [6.45, 7) is 8.32. The maximum absolute atomic E-state index is 4.57. The lowest BCUT2D eigenvalue weighted by Crippen LogP contribution is -2.29. The lowest BCUT2D eigenvalue weighted by atomic mass is 10.2. The Kier molecular flexibility index (Phi) is 4.93. The fraction of sp³-hybridized carbons (Fsp3) is 0.533. The summed E-state index contributed by atoms with van der Waals surface area (Å²) in [5.41, 5.74) is 2.32. The minimum absolute atomic E-state index is 0.708. The molecule has 4 heteroatoms. The number of fused-ring (bicyclic) bond motifs is 1. The van der Waals surface area contributed by atoms with Gasteiger partial charge in [0.1, 0.15) is 0 Å². The molecule has 0 fully saturated rings. The van der Waals surface area contributed by atoms with Crippen molar-refractivity contribution in [1.29, 1.82) is 0 Å². The number of aromatic nitrogens is 2. The highest BCUT2D eigenvalue weighted by atomic mass is 15.3. The fourth-order valence-corrected chi connectivity index (χ4v) is 2.19. The first-order chi connectivity index (χ1) is 9.18. The van der Waals surface area contributed by atoms with Crippen LogP contribution < -0.4 is 10.6 Å². The molecule has 0 aliphatic heterocycles. The van der Waals surface area contributed by atoms with Gasteiger partial charge in [0.25, 0.3) is 0 Å². The van der Waals surface area contributed by atoms with Gasteiger partial charge < -0.3 is 10.6 Å². The summed E-state index contributed by atoms with van der Waals surface area (Å²) < 4.78 is 1.95. The molecule has 0 atom stereocenters. The number of aryl methyl sites for hydroxylation is 1. The second kappa shape index (κ2) is 6.68. The average Bonchev–Trinajstić information content (AvgIpc) is 2.71. The van der Waals surface area contributed by atoms with Crippen molar-refractivity contribution in [2.45, 2.75) is 20.4 Å². The van der Waals surface area contributed by atoms with E-state index in [1.807, 2.05) is 11.7 Å². The lowest BCUT2D eigenvalue weighted by Gasteiger charge is -2.07. The highest BCUT2D eigenvalue weighted by Crippen LogP contribution is 2.16. The Morgan fingerprint density at radius 3 is 2.68 bits per heavy atom. The molecule has 0 bridgehead atoms. The zero-order valence-electron chi connectivity index (χ0n) is 12.1. The molecule has 2 rings (SSSR count). The third kappa shape index (κ3) is 3.78. The minimum Gasteiger partial charge on any atom is -0.315 e. The summed E-state index contributed by atoms with van der Waals surface area (Å²) in [4.78, 5) is 0. The molecule has 1 heterocycles. The van der Waals surface area contributed by atoms with Crippen molar-refractivity contribution in [3.8, 4) is 0 Å². The maximum Gasteiger partial charge on any atom is 0.0841 e. The molecule has 0 aliphatic rings. The minimum atomic E-state index is 0.708. The highest BCUT2D eigenvalue weighted by Gasteiger charge is 2.06. The molecule has 1 aromatic carbocycles. The Bertz CT molecular complexity index is 516. The van der Waals surface area contributed by atoms with Crippen molar-refractivity contribution in [2.75, 3.05) is 19.6 Å². The van der Waals surface area contributed by atoms with E-state index < -0.39 is 0 Å². The lowest BCUT2D eigenvalue weighted by molar-refractivity contribution is 0.533. The molecular formula is C15H24N4. The summed E-state index contributed by atoms with van der Waals surface area (Å²) in [7, 11) is 2.00. The van der Waals surface area contributed by atoms with Crippen molar-refractivity contribution >= 4 is 10.9 Å². The van der Waals surface area contributed by atoms with Gasteiger partial charge in [0.15, 0.2) is 0 Å². The Hall–Kier alpha value is -1.39. The van der Waals surface area contributed by atoms with Gasteiger partial charge in [-0.1, -0.05) is 32.0 Å². The van der Waals surface area contributed by atoms with Crippen LogP contribution in [0.2, 0.25) is 0 Å². The topological polar surface area (TPSA) is 41.9 Å². The summed E-state index contributed by atoms with van der Waals surface area (Å²) in [6.07, 6.45) is 0. The maximum atomic E-state index is 4.57. The number of nitrogens with zero attached hydrogens (tertiary/aromatic N) is 2. The smallest absolute Gasteiger partial charge is 0.0841 e. The van der Waals surface area contributed by atoms with Gasteiger partial charge in [0.05, 0.1) is 11.2 Å². The van der Waals surface area contributed by atoms with E-state index in [1.54, 1.807) is 0 Å². The number of benzene rings is 1. The van der Waals surface area contributed by atoms with Crippen molar-refractivity contribution in [3.63, 3.8) is 0 Å². The molecule has 2 N–H and O–H groups in total. The van der Waals surface area contributed by atoms with Crippen LogP contribution in [0.4, 0.5) is 0 Å². The zero-order chi connectivity index (χ0) is 13.7. The van der Waals surface area contributed by atoms with E-state index in [-0.39, 0.29) is 0 Å². The molecule has 19 heavy (non-hydrogen) atoms. The molecule has 0 spiro atoms. The molecule has 2 aromatic rings. The van der Waals surface area contributed by atoms with Gasteiger partial charge in [0, 0.05) is 32.1 Å². The van der Waals surface area contributed by atoms with Crippen molar-refractivity contribution < 1.29 is 0 Å². The largest absolute Gasteiger partial charge is 0.315 e. The van der Waals surface area contributed by atoms with E-state index in [1.165, 1.54) is 10.9 Å². The van der Waals surface area contributed by atoms with Crippen LogP contribution in [0.15, 0.2) is 24.3 Å². The number of hydrogen-bond acceptors (Lipinski definition) is 3. The normalized spacial score (nSPS) is 11.6. The third-order valence-corrected chi connectivity index (χ3v) is 3.16. The average molecular weight is 260 g/mol. The van der Waals surface area contributed by atoms with Gasteiger partial charge in [-0.15, -0.1) is 0 Å². The molecule has 0 aliphatic carbocycles. The molecule has 0 unspecified atom stereocenters. The molecule has 0 amide bonds. The summed E-state index contributed by atoms with van der Waals surface area (Å²) in [5, 5.41) is 12.7. The van der Waals surface area contributed by atoms with Crippen LogP contribution in [-0.4, -0.2) is 29.4 Å². The third-order valence-electron chi connectivity index (χ3n) is 3.16. The second-order valence-electron chi connectivity index (χ2n) is 5.36.